The minimum Gasteiger partial charge on any atom is -0.445 e. The predicted octanol–water partition coefficient (Wildman–Crippen LogP) is 4.03. The van der Waals surface area contributed by atoms with Crippen LogP contribution in [0.3, 0.4) is 0 Å². The fourth-order valence-corrected chi connectivity index (χ4v) is 4.35. The van der Waals surface area contributed by atoms with Crippen molar-refractivity contribution in [3.63, 3.8) is 0 Å². The number of thioether (sulfide) groups is 1. The number of amides is 1. The standard InChI is InChI=1S/C22H25N3O2S/c26-22(27-17-18-5-2-1-3-6-18)25-13-4-12-24(14-15-25)20-9-7-19(8-10-20)21-23-11-16-28-21/h1-3,5-10H,4,11-17H2. The molecule has 1 saturated heterocycles. The van der Waals surface area contributed by atoms with Crippen LogP contribution >= 0.6 is 11.8 Å². The van der Waals surface area contributed by atoms with E-state index in [2.05, 4.69) is 34.2 Å². The molecule has 1 fully saturated rings. The van der Waals surface area contributed by atoms with Gasteiger partial charge in [0, 0.05) is 49.7 Å². The highest BCUT2D eigenvalue weighted by molar-refractivity contribution is 8.14. The molecule has 0 N–H and O–H groups in total. The lowest BCUT2D eigenvalue weighted by Gasteiger charge is -2.23. The van der Waals surface area contributed by atoms with Crippen molar-refractivity contribution in [1.82, 2.24) is 4.90 Å². The second-order valence-corrected chi connectivity index (χ2v) is 8.03. The summed E-state index contributed by atoms with van der Waals surface area (Å²) in [5, 5.41) is 1.15. The zero-order valence-corrected chi connectivity index (χ0v) is 16.7. The number of anilines is 1. The van der Waals surface area contributed by atoms with E-state index in [0.29, 0.717) is 13.2 Å². The van der Waals surface area contributed by atoms with Crippen molar-refractivity contribution < 1.29 is 9.53 Å². The number of aliphatic imine (C=N–C) groups is 1. The lowest BCUT2D eigenvalue weighted by molar-refractivity contribution is 0.0986. The van der Waals surface area contributed by atoms with Crippen molar-refractivity contribution in [1.29, 1.82) is 0 Å². The molecule has 0 saturated carbocycles. The maximum absolute atomic E-state index is 12.4. The van der Waals surface area contributed by atoms with Crippen LogP contribution < -0.4 is 4.90 Å². The summed E-state index contributed by atoms with van der Waals surface area (Å²) in [6.07, 6.45) is 0.711. The zero-order chi connectivity index (χ0) is 19.2. The predicted molar refractivity (Wildman–Crippen MR) is 115 cm³/mol. The Morgan fingerprint density at radius 3 is 2.57 bits per heavy atom. The monoisotopic (exact) mass is 395 g/mol. The molecule has 2 heterocycles. The molecule has 4 rings (SSSR count). The summed E-state index contributed by atoms with van der Waals surface area (Å²) in [5.74, 6) is 1.08. The largest absolute Gasteiger partial charge is 0.445 e. The molecule has 6 heteroatoms. The number of carbonyl (C=O) groups is 1. The minimum absolute atomic E-state index is 0.225. The molecule has 2 aliphatic heterocycles. The van der Waals surface area contributed by atoms with Crippen molar-refractivity contribution in [2.24, 2.45) is 4.99 Å². The van der Waals surface area contributed by atoms with Gasteiger partial charge in [-0.15, -0.1) is 11.8 Å². The van der Waals surface area contributed by atoms with Gasteiger partial charge in [-0.3, -0.25) is 4.99 Å². The van der Waals surface area contributed by atoms with Crippen molar-refractivity contribution in [2.45, 2.75) is 13.0 Å². The number of benzene rings is 2. The molecule has 2 aromatic rings. The number of hydrogen-bond donors (Lipinski definition) is 0. The number of hydrogen-bond acceptors (Lipinski definition) is 5. The maximum Gasteiger partial charge on any atom is 0.410 e. The van der Waals surface area contributed by atoms with Crippen LogP contribution in [0.5, 0.6) is 0 Å². The van der Waals surface area contributed by atoms with Crippen LogP contribution in [-0.2, 0) is 11.3 Å². The van der Waals surface area contributed by atoms with Gasteiger partial charge in [0.1, 0.15) is 6.61 Å². The normalized spacial score (nSPS) is 17.2. The van der Waals surface area contributed by atoms with Gasteiger partial charge >= 0.3 is 6.09 Å². The van der Waals surface area contributed by atoms with E-state index in [-0.39, 0.29) is 6.09 Å². The lowest BCUT2D eigenvalue weighted by Crippen LogP contribution is -2.35. The zero-order valence-electron chi connectivity index (χ0n) is 15.9. The van der Waals surface area contributed by atoms with Gasteiger partial charge in [0.15, 0.2) is 0 Å². The van der Waals surface area contributed by atoms with Crippen LogP contribution in [0.2, 0.25) is 0 Å². The number of carbonyl (C=O) groups excluding carboxylic acids is 1. The molecule has 146 valence electrons. The molecule has 2 aliphatic rings. The molecule has 28 heavy (non-hydrogen) atoms. The number of ether oxygens (including phenoxy) is 1. The van der Waals surface area contributed by atoms with Gasteiger partial charge < -0.3 is 14.5 Å². The van der Waals surface area contributed by atoms with Crippen LogP contribution in [0, 0.1) is 0 Å². The molecule has 0 aliphatic carbocycles. The summed E-state index contributed by atoms with van der Waals surface area (Å²) in [7, 11) is 0. The van der Waals surface area contributed by atoms with Crippen molar-refractivity contribution >= 4 is 28.6 Å². The summed E-state index contributed by atoms with van der Waals surface area (Å²) in [4.78, 5) is 21.1. The second-order valence-electron chi connectivity index (χ2n) is 6.95. The van der Waals surface area contributed by atoms with Crippen molar-refractivity contribution in [3.05, 3.63) is 65.7 Å². The lowest BCUT2D eigenvalue weighted by atomic mass is 10.2. The van der Waals surface area contributed by atoms with E-state index in [9.17, 15) is 4.79 Å². The molecule has 2 aromatic carbocycles. The molecule has 0 aromatic heterocycles. The van der Waals surface area contributed by atoms with E-state index in [0.717, 1.165) is 49.0 Å². The van der Waals surface area contributed by atoms with Crippen LogP contribution in [0.4, 0.5) is 10.5 Å². The third-order valence-corrected chi connectivity index (χ3v) is 6.05. The van der Waals surface area contributed by atoms with Gasteiger partial charge in [0.25, 0.3) is 0 Å². The molecule has 5 nitrogen and oxygen atoms in total. The highest BCUT2D eigenvalue weighted by Gasteiger charge is 2.20. The average molecular weight is 396 g/mol. The Bertz CT molecular complexity index is 823. The molecular formula is C22H25N3O2S. The van der Waals surface area contributed by atoms with E-state index in [1.54, 1.807) is 0 Å². The molecule has 0 bridgehead atoms. The first-order valence-corrected chi connectivity index (χ1v) is 10.8. The topological polar surface area (TPSA) is 45.1 Å². The first kappa shape index (κ1) is 18.9. The summed E-state index contributed by atoms with van der Waals surface area (Å²) in [6, 6.07) is 18.5. The maximum atomic E-state index is 12.4. The Balaban J connectivity index is 1.31. The summed E-state index contributed by atoms with van der Waals surface area (Å²) < 4.78 is 5.49. The van der Waals surface area contributed by atoms with Gasteiger partial charge in [-0.05, 0) is 24.1 Å². The molecule has 1 amide bonds. The SMILES string of the molecule is O=C(OCc1ccccc1)N1CCCN(c2ccc(C3=NCCS3)cc2)CC1. The average Bonchev–Trinajstić information content (AvgIpc) is 3.17. The van der Waals surface area contributed by atoms with E-state index in [1.807, 2.05) is 47.0 Å². The first-order valence-electron chi connectivity index (χ1n) is 9.78. The Labute approximate surface area is 170 Å². The van der Waals surface area contributed by atoms with Gasteiger partial charge in [0.2, 0.25) is 0 Å². The Morgan fingerprint density at radius 2 is 1.82 bits per heavy atom. The Kier molecular flexibility index (Phi) is 6.17. The Hall–Kier alpha value is -2.47. The first-order chi connectivity index (χ1) is 13.8. The fourth-order valence-electron chi connectivity index (χ4n) is 3.49. The smallest absolute Gasteiger partial charge is 0.410 e. The fraction of sp³-hybridized carbons (Fsp3) is 0.364. The highest BCUT2D eigenvalue weighted by Crippen LogP contribution is 2.23. The van der Waals surface area contributed by atoms with Crippen LogP contribution in [-0.4, -0.2) is 54.5 Å². The van der Waals surface area contributed by atoms with Crippen LogP contribution in [0.1, 0.15) is 17.5 Å². The van der Waals surface area contributed by atoms with Crippen LogP contribution in [0.15, 0.2) is 59.6 Å². The summed E-state index contributed by atoms with van der Waals surface area (Å²) >= 11 is 1.83. The number of rotatable bonds is 4. The third kappa shape index (κ3) is 4.68. The van der Waals surface area contributed by atoms with Gasteiger partial charge in [-0.25, -0.2) is 4.79 Å². The Morgan fingerprint density at radius 1 is 1.00 bits per heavy atom. The van der Waals surface area contributed by atoms with E-state index < -0.39 is 0 Å². The minimum atomic E-state index is -0.225. The number of nitrogens with zero attached hydrogens (tertiary/aromatic N) is 3. The summed E-state index contributed by atoms with van der Waals surface area (Å²) in [5.41, 5.74) is 3.41. The molecule has 0 radical (unpaired) electrons. The highest BCUT2D eigenvalue weighted by atomic mass is 32.2. The van der Waals surface area contributed by atoms with E-state index in [4.69, 9.17) is 4.74 Å². The molecule has 0 unspecified atom stereocenters. The third-order valence-electron chi connectivity index (χ3n) is 5.02. The quantitative estimate of drug-likeness (QED) is 0.784. The van der Waals surface area contributed by atoms with Crippen molar-refractivity contribution in [2.75, 3.05) is 43.4 Å². The molecular weight excluding hydrogens is 370 g/mol. The van der Waals surface area contributed by atoms with Gasteiger partial charge in [0.05, 0.1) is 5.04 Å². The van der Waals surface area contributed by atoms with Gasteiger partial charge in [-0.1, -0.05) is 42.5 Å². The summed E-state index contributed by atoms with van der Waals surface area (Å²) in [6.45, 7) is 4.41. The van der Waals surface area contributed by atoms with Crippen molar-refractivity contribution in [3.8, 4) is 0 Å². The van der Waals surface area contributed by atoms with E-state index >= 15 is 0 Å². The molecule has 0 spiro atoms. The van der Waals surface area contributed by atoms with Crippen LogP contribution in [0.25, 0.3) is 0 Å². The van der Waals surface area contributed by atoms with Gasteiger partial charge in [-0.2, -0.15) is 0 Å². The molecule has 0 atom stereocenters. The van der Waals surface area contributed by atoms with E-state index in [1.165, 1.54) is 11.3 Å². The second kappa shape index (κ2) is 9.15.